The number of non-ortho nitro benzene ring substituents is 1. The van der Waals surface area contributed by atoms with Crippen LogP contribution < -0.4 is 15.5 Å². The summed E-state index contributed by atoms with van der Waals surface area (Å²) in [7, 11) is 0. The number of halogens is 1. The minimum absolute atomic E-state index is 0.129. The molecule has 3 aromatic rings. The highest BCUT2D eigenvalue weighted by atomic mass is 79.9. The van der Waals surface area contributed by atoms with Crippen LogP contribution in [0.5, 0.6) is 5.75 Å². The Hall–Kier alpha value is -4.84. The number of nitro groups is 1. The first-order valence-corrected chi connectivity index (χ1v) is 11.3. The van der Waals surface area contributed by atoms with E-state index in [0.717, 1.165) is 0 Å². The van der Waals surface area contributed by atoms with Gasteiger partial charge in [-0.25, -0.2) is 10.2 Å². The van der Waals surface area contributed by atoms with Crippen LogP contribution >= 0.6 is 15.9 Å². The molecule has 0 fully saturated rings. The molecule has 0 saturated heterocycles. The number of benzene rings is 3. The molecule has 0 unspecified atom stereocenters. The predicted molar refractivity (Wildman–Crippen MR) is 138 cm³/mol. The molecule has 0 aromatic heterocycles. The number of amides is 2. The second-order valence-electron chi connectivity index (χ2n) is 7.29. The molecule has 3 N–H and O–H groups in total. The quantitative estimate of drug-likeness (QED) is 0.146. The summed E-state index contributed by atoms with van der Waals surface area (Å²) in [4.78, 5) is 46.8. The molecule has 0 heterocycles. The Kier molecular flexibility index (Phi) is 9.22. The van der Waals surface area contributed by atoms with E-state index in [2.05, 4.69) is 31.8 Å². The van der Waals surface area contributed by atoms with Crippen LogP contribution in [0.25, 0.3) is 6.08 Å². The normalized spacial score (nSPS) is 11.1. The number of ether oxygens (including phenoxy) is 1. The zero-order valence-corrected chi connectivity index (χ0v) is 20.5. The molecule has 3 aromatic carbocycles. The van der Waals surface area contributed by atoms with Crippen molar-refractivity contribution in [1.29, 1.82) is 0 Å². The fraction of sp³-hybridized carbons (Fsp3) is 0.0400. The Morgan fingerprint density at radius 1 is 1.05 bits per heavy atom. The molecule has 0 aliphatic heterocycles. The third-order valence-corrected chi connectivity index (χ3v) is 5.13. The van der Waals surface area contributed by atoms with Crippen LogP contribution in [0.1, 0.15) is 21.5 Å². The van der Waals surface area contributed by atoms with Crippen LogP contribution in [0, 0.1) is 10.1 Å². The van der Waals surface area contributed by atoms with Gasteiger partial charge < -0.3 is 15.2 Å². The SMILES string of the molecule is O=C(O)COc1ccc(Br)cc1/C=N/NC(=O)/C(=C/c1ccc([N+](=O)[O-])cc1)NC(=O)c1ccccc1. The molecule has 0 aliphatic rings. The summed E-state index contributed by atoms with van der Waals surface area (Å²) >= 11 is 3.30. The number of carbonyl (C=O) groups is 3. The fourth-order valence-electron chi connectivity index (χ4n) is 2.91. The lowest BCUT2D eigenvalue weighted by atomic mass is 10.1. The van der Waals surface area contributed by atoms with Crippen LogP contribution in [-0.4, -0.2) is 40.6 Å². The Labute approximate surface area is 218 Å². The van der Waals surface area contributed by atoms with Crippen molar-refractivity contribution in [2.45, 2.75) is 0 Å². The lowest BCUT2D eigenvalue weighted by Gasteiger charge is -2.10. The molecule has 0 saturated carbocycles. The first-order valence-electron chi connectivity index (χ1n) is 10.5. The summed E-state index contributed by atoms with van der Waals surface area (Å²) in [6.45, 7) is -0.567. The summed E-state index contributed by atoms with van der Waals surface area (Å²) < 4.78 is 5.89. The zero-order chi connectivity index (χ0) is 26.8. The number of hydrogen-bond donors (Lipinski definition) is 3. The van der Waals surface area contributed by atoms with Crippen molar-refractivity contribution >= 4 is 51.7 Å². The maximum absolute atomic E-state index is 12.9. The number of hydrogen-bond acceptors (Lipinski definition) is 7. The number of aliphatic carboxylic acids is 1. The average Bonchev–Trinajstić information content (AvgIpc) is 2.88. The van der Waals surface area contributed by atoms with E-state index in [1.807, 2.05) is 0 Å². The number of carbonyl (C=O) groups excluding carboxylic acids is 2. The van der Waals surface area contributed by atoms with Crippen LogP contribution in [0.15, 0.2) is 88.1 Å². The molecule has 12 heteroatoms. The molecular weight excluding hydrogens is 548 g/mol. The van der Waals surface area contributed by atoms with E-state index in [1.54, 1.807) is 42.5 Å². The molecule has 0 spiro atoms. The highest BCUT2D eigenvalue weighted by Gasteiger charge is 2.15. The van der Waals surface area contributed by atoms with Crippen molar-refractivity contribution in [3.8, 4) is 5.75 Å². The van der Waals surface area contributed by atoms with Gasteiger partial charge in [-0.3, -0.25) is 19.7 Å². The van der Waals surface area contributed by atoms with Crippen molar-refractivity contribution < 1.29 is 29.2 Å². The molecule has 2 amide bonds. The van der Waals surface area contributed by atoms with Crippen LogP contribution in [-0.2, 0) is 9.59 Å². The van der Waals surface area contributed by atoms with Gasteiger partial charge >= 0.3 is 5.97 Å². The van der Waals surface area contributed by atoms with Gasteiger partial charge in [0.25, 0.3) is 17.5 Å². The summed E-state index contributed by atoms with van der Waals surface area (Å²) in [6, 6.07) is 18.4. The molecule has 3 rings (SSSR count). The number of nitrogens with zero attached hydrogens (tertiary/aromatic N) is 2. The van der Waals surface area contributed by atoms with Crippen LogP contribution in [0.3, 0.4) is 0 Å². The number of carboxylic acid groups (broad SMARTS) is 1. The summed E-state index contributed by atoms with van der Waals surface area (Å²) in [5.74, 6) is -2.26. The fourth-order valence-corrected chi connectivity index (χ4v) is 3.29. The number of nitro benzene ring substituents is 1. The van der Waals surface area contributed by atoms with E-state index < -0.39 is 29.3 Å². The van der Waals surface area contributed by atoms with Crippen molar-refractivity contribution in [3.63, 3.8) is 0 Å². The maximum Gasteiger partial charge on any atom is 0.341 e. The van der Waals surface area contributed by atoms with E-state index in [1.165, 1.54) is 42.6 Å². The lowest BCUT2D eigenvalue weighted by Crippen LogP contribution is -2.32. The Morgan fingerprint density at radius 3 is 2.41 bits per heavy atom. The highest BCUT2D eigenvalue weighted by molar-refractivity contribution is 9.10. The topological polar surface area (TPSA) is 160 Å². The van der Waals surface area contributed by atoms with E-state index in [0.29, 0.717) is 21.2 Å². The number of nitrogens with one attached hydrogen (secondary N) is 2. The Bertz CT molecular complexity index is 1370. The minimum atomic E-state index is -1.16. The molecule has 188 valence electrons. The van der Waals surface area contributed by atoms with Gasteiger partial charge in [-0.1, -0.05) is 34.1 Å². The average molecular weight is 567 g/mol. The minimum Gasteiger partial charge on any atom is -0.481 e. The number of carboxylic acids is 1. The van der Waals surface area contributed by atoms with Crippen molar-refractivity contribution in [2.24, 2.45) is 5.10 Å². The molecular formula is C25H19BrN4O7. The van der Waals surface area contributed by atoms with Gasteiger partial charge in [0.2, 0.25) is 0 Å². The highest BCUT2D eigenvalue weighted by Crippen LogP contribution is 2.22. The van der Waals surface area contributed by atoms with E-state index in [4.69, 9.17) is 9.84 Å². The van der Waals surface area contributed by atoms with Crippen molar-refractivity contribution in [1.82, 2.24) is 10.7 Å². The van der Waals surface area contributed by atoms with Crippen LogP contribution in [0.2, 0.25) is 0 Å². The van der Waals surface area contributed by atoms with Gasteiger partial charge in [0.05, 0.1) is 11.1 Å². The van der Waals surface area contributed by atoms with Gasteiger partial charge in [0.1, 0.15) is 11.4 Å². The second-order valence-corrected chi connectivity index (χ2v) is 8.21. The zero-order valence-electron chi connectivity index (χ0n) is 19.0. The van der Waals surface area contributed by atoms with Gasteiger partial charge in [-0.05, 0) is 54.1 Å². The Balaban J connectivity index is 1.83. The predicted octanol–water partition coefficient (Wildman–Crippen LogP) is 3.74. The smallest absolute Gasteiger partial charge is 0.341 e. The molecule has 37 heavy (non-hydrogen) atoms. The first kappa shape index (κ1) is 26.8. The third-order valence-electron chi connectivity index (χ3n) is 4.64. The van der Waals surface area contributed by atoms with Crippen molar-refractivity contribution in [3.05, 3.63) is 110 Å². The van der Waals surface area contributed by atoms with Gasteiger partial charge in [-0.2, -0.15) is 5.10 Å². The molecule has 0 radical (unpaired) electrons. The second kappa shape index (κ2) is 12.7. The van der Waals surface area contributed by atoms with Gasteiger partial charge in [0.15, 0.2) is 6.61 Å². The van der Waals surface area contributed by atoms with Gasteiger partial charge in [-0.15, -0.1) is 0 Å². The molecule has 11 nitrogen and oxygen atoms in total. The van der Waals surface area contributed by atoms with E-state index >= 15 is 0 Å². The molecule has 0 aliphatic carbocycles. The first-order chi connectivity index (χ1) is 17.7. The summed E-state index contributed by atoms with van der Waals surface area (Å²) in [5.41, 5.74) is 3.11. The monoisotopic (exact) mass is 566 g/mol. The Morgan fingerprint density at radius 2 is 1.76 bits per heavy atom. The number of rotatable bonds is 10. The summed E-state index contributed by atoms with van der Waals surface area (Å²) in [5, 5.41) is 26.2. The van der Waals surface area contributed by atoms with Gasteiger partial charge in [0, 0.05) is 27.7 Å². The largest absolute Gasteiger partial charge is 0.481 e. The maximum atomic E-state index is 12.9. The lowest BCUT2D eigenvalue weighted by molar-refractivity contribution is -0.384. The van der Waals surface area contributed by atoms with E-state index in [-0.39, 0.29) is 17.1 Å². The molecule has 0 bridgehead atoms. The van der Waals surface area contributed by atoms with E-state index in [9.17, 15) is 24.5 Å². The number of hydrazone groups is 1. The summed E-state index contributed by atoms with van der Waals surface area (Å²) in [6.07, 6.45) is 2.60. The standard InChI is InChI=1S/C25H19BrN4O7/c26-19-8-11-22(37-15-23(31)32)18(13-19)14-27-29-25(34)21(28-24(33)17-4-2-1-3-5-17)12-16-6-9-20(10-7-16)30(35)36/h1-14H,15H2,(H,28,33)(H,29,34)(H,31,32)/b21-12-,27-14+. The van der Waals surface area contributed by atoms with Crippen molar-refractivity contribution in [2.75, 3.05) is 6.61 Å². The molecule has 0 atom stereocenters. The third kappa shape index (κ3) is 8.11. The van der Waals surface area contributed by atoms with Crippen LogP contribution in [0.4, 0.5) is 5.69 Å².